The Morgan fingerprint density at radius 2 is 2.21 bits per heavy atom. The second-order valence-electron chi connectivity index (χ2n) is 4.84. The zero-order valence-electron chi connectivity index (χ0n) is 11.4. The molecule has 0 radical (unpaired) electrons. The van der Waals surface area contributed by atoms with E-state index < -0.39 is 5.97 Å². The van der Waals surface area contributed by atoms with Crippen LogP contribution in [0.2, 0.25) is 0 Å². The van der Waals surface area contributed by atoms with Crippen molar-refractivity contribution in [2.45, 2.75) is 32.5 Å². The van der Waals surface area contributed by atoms with Crippen molar-refractivity contribution >= 4 is 28.8 Å². The Labute approximate surface area is 116 Å². The average Bonchev–Trinajstić information content (AvgIpc) is 2.66. The van der Waals surface area contributed by atoms with Gasteiger partial charge in [0, 0.05) is 6.54 Å². The second-order valence-corrected chi connectivity index (χ2v) is 6.07. The number of nitrogens with zero attached hydrogens (tertiary/aromatic N) is 2. The first-order valence-electron chi connectivity index (χ1n) is 6.39. The first-order chi connectivity index (χ1) is 9.02. The van der Waals surface area contributed by atoms with Gasteiger partial charge in [-0.1, -0.05) is 32.5 Å². The molecule has 5 heteroatoms. The number of thioether (sulfide) groups is 1. The summed E-state index contributed by atoms with van der Waals surface area (Å²) in [6.07, 6.45) is 0. The summed E-state index contributed by atoms with van der Waals surface area (Å²) in [6.45, 7) is 7.31. The lowest BCUT2D eigenvalue weighted by molar-refractivity contribution is 0.0697. The van der Waals surface area contributed by atoms with E-state index in [4.69, 9.17) is 5.11 Å². The number of aromatic carboxylic acids is 1. The van der Waals surface area contributed by atoms with E-state index in [0.29, 0.717) is 5.92 Å². The molecule has 0 aliphatic rings. The van der Waals surface area contributed by atoms with E-state index in [1.807, 2.05) is 6.07 Å². The fraction of sp³-hybridized carbons (Fsp3) is 0.429. The van der Waals surface area contributed by atoms with Crippen molar-refractivity contribution in [3.05, 3.63) is 23.8 Å². The fourth-order valence-electron chi connectivity index (χ4n) is 2.02. The number of benzene rings is 1. The average molecular weight is 278 g/mol. The van der Waals surface area contributed by atoms with Crippen LogP contribution in [0.4, 0.5) is 0 Å². The van der Waals surface area contributed by atoms with E-state index in [2.05, 4.69) is 30.3 Å². The molecule has 2 rings (SSSR count). The molecule has 1 N–H and O–H groups in total. The van der Waals surface area contributed by atoms with Crippen LogP contribution < -0.4 is 0 Å². The van der Waals surface area contributed by atoms with Crippen LogP contribution in [0.15, 0.2) is 23.4 Å². The molecule has 102 valence electrons. The lowest BCUT2D eigenvalue weighted by Gasteiger charge is -2.10. The molecule has 4 nitrogen and oxygen atoms in total. The van der Waals surface area contributed by atoms with Crippen LogP contribution in [0.5, 0.6) is 0 Å². The standard InChI is InChI=1S/C14H18N2O2S/c1-4-19-14-15-11-7-10(13(17)18)5-6-12(11)16(14)8-9(2)3/h5-7,9H,4,8H2,1-3H3,(H,17,18). The van der Waals surface area contributed by atoms with Crippen molar-refractivity contribution in [2.24, 2.45) is 5.92 Å². The van der Waals surface area contributed by atoms with Gasteiger partial charge in [0.25, 0.3) is 0 Å². The van der Waals surface area contributed by atoms with E-state index in [-0.39, 0.29) is 5.56 Å². The zero-order valence-corrected chi connectivity index (χ0v) is 12.2. The minimum Gasteiger partial charge on any atom is -0.478 e. The number of hydrogen-bond acceptors (Lipinski definition) is 3. The van der Waals surface area contributed by atoms with E-state index in [9.17, 15) is 4.79 Å². The van der Waals surface area contributed by atoms with Gasteiger partial charge >= 0.3 is 5.97 Å². The Morgan fingerprint density at radius 3 is 2.79 bits per heavy atom. The summed E-state index contributed by atoms with van der Waals surface area (Å²) in [5, 5.41) is 10.00. The summed E-state index contributed by atoms with van der Waals surface area (Å²) in [7, 11) is 0. The molecule has 19 heavy (non-hydrogen) atoms. The van der Waals surface area contributed by atoms with Crippen LogP contribution in [-0.4, -0.2) is 26.4 Å². The van der Waals surface area contributed by atoms with Gasteiger partial charge in [0.1, 0.15) is 0 Å². The topological polar surface area (TPSA) is 55.1 Å². The van der Waals surface area contributed by atoms with Gasteiger partial charge in [-0.2, -0.15) is 0 Å². The molecule has 0 aliphatic heterocycles. The second kappa shape index (κ2) is 5.65. The third-order valence-corrected chi connectivity index (χ3v) is 3.64. The van der Waals surface area contributed by atoms with E-state index in [1.54, 1.807) is 23.9 Å². The normalized spacial score (nSPS) is 11.4. The molecule has 0 unspecified atom stereocenters. The maximum atomic E-state index is 11.0. The predicted octanol–water partition coefficient (Wildman–Crippen LogP) is 3.50. The lowest BCUT2D eigenvalue weighted by atomic mass is 10.2. The number of carboxylic acids is 1. The lowest BCUT2D eigenvalue weighted by Crippen LogP contribution is -2.05. The SMILES string of the molecule is CCSc1nc2cc(C(=O)O)ccc2n1CC(C)C. The molecular weight excluding hydrogens is 260 g/mol. The van der Waals surface area contributed by atoms with Gasteiger partial charge in [0.15, 0.2) is 5.16 Å². The largest absolute Gasteiger partial charge is 0.478 e. The van der Waals surface area contributed by atoms with Crippen molar-refractivity contribution in [3.8, 4) is 0 Å². The van der Waals surface area contributed by atoms with Crippen LogP contribution in [0.3, 0.4) is 0 Å². The number of rotatable bonds is 5. The van der Waals surface area contributed by atoms with Crippen molar-refractivity contribution in [1.29, 1.82) is 0 Å². The van der Waals surface area contributed by atoms with E-state index >= 15 is 0 Å². The Balaban J connectivity index is 2.55. The summed E-state index contributed by atoms with van der Waals surface area (Å²) >= 11 is 1.69. The molecule has 1 heterocycles. The fourth-order valence-corrected chi connectivity index (χ4v) is 2.77. The number of imidazole rings is 1. The van der Waals surface area contributed by atoms with Crippen molar-refractivity contribution in [2.75, 3.05) is 5.75 Å². The van der Waals surface area contributed by atoms with Crippen LogP contribution in [0.1, 0.15) is 31.1 Å². The third-order valence-electron chi connectivity index (χ3n) is 2.78. The molecule has 1 aromatic heterocycles. The molecule has 0 bridgehead atoms. The third kappa shape index (κ3) is 2.92. The van der Waals surface area contributed by atoms with Gasteiger partial charge in [-0.3, -0.25) is 0 Å². The quantitative estimate of drug-likeness (QED) is 0.850. The zero-order chi connectivity index (χ0) is 14.0. The summed E-state index contributed by atoms with van der Waals surface area (Å²) < 4.78 is 2.18. The summed E-state index contributed by atoms with van der Waals surface area (Å²) in [6, 6.07) is 5.14. The van der Waals surface area contributed by atoms with Crippen LogP contribution >= 0.6 is 11.8 Å². The molecule has 1 aromatic carbocycles. The van der Waals surface area contributed by atoms with Gasteiger partial charge in [-0.15, -0.1) is 0 Å². The minimum absolute atomic E-state index is 0.287. The van der Waals surface area contributed by atoms with Gasteiger partial charge in [0.05, 0.1) is 16.6 Å². The molecule has 0 atom stereocenters. The highest BCUT2D eigenvalue weighted by atomic mass is 32.2. The minimum atomic E-state index is -0.912. The molecular formula is C14H18N2O2S. The number of aromatic nitrogens is 2. The molecule has 0 aliphatic carbocycles. The van der Waals surface area contributed by atoms with E-state index in [0.717, 1.165) is 28.5 Å². The molecule has 0 amide bonds. The van der Waals surface area contributed by atoms with Crippen LogP contribution in [0, 0.1) is 5.92 Å². The first-order valence-corrected chi connectivity index (χ1v) is 7.37. The number of carbonyl (C=O) groups is 1. The highest BCUT2D eigenvalue weighted by Crippen LogP contribution is 2.25. The highest BCUT2D eigenvalue weighted by Gasteiger charge is 2.13. The van der Waals surface area contributed by atoms with Gasteiger partial charge in [0.2, 0.25) is 0 Å². The van der Waals surface area contributed by atoms with Crippen LogP contribution in [0.25, 0.3) is 11.0 Å². The van der Waals surface area contributed by atoms with Crippen LogP contribution in [-0.2, 0) is 6.54 Å². The number of hydrogen-bond donors (Lipinski definition) is 1. The summed E-state index contributed by atoms with van der Waals surface area (Å²) in [5.74, 6) is 0.561. The first kappa shape index (κ1) is 13.9. The maximum absolute atomic E-state index is 11.0. The van der Waals surface area contributed by atoms with Crippen molar-refractivity contribution in [1.82, 2.24) is 9.55 Å². The Kier molecular flexibility index (Phi) is 4.14. The molecule has 0 fully saturated rings. The van der Waals surface area contributed by atoms with Crippen molar-refractivity contribution in [3.63, 3.8) is 0 Å². The Hall–Kier alpha value is -1.49. The molecule has 0 spiro atoms. The maximum Gasteiger partial charge on any atom is 0.335 e. The van der Waals surface area contributed by atoms with E-state index in [1.165, 1.54) is 0 Å². The van der Waals surface area contributed by atoms with Gasteiger partial charge in [-0.25, -0.2) is 9.78 Å². The molecule has 0 saturated heterocycles. The molecule has 2 aromatic rings. The Bertz CT molecular complexity index is 605. The summed E-state index contributed by atoms with van der Waals surface area (Å²) in [5.41, 5.74) is 2.06. The summed E-state index contributed by atoms with van der Waals surface area (Å²) in [4.78, 5) is 15.6. The number of fused-ring (bicyclic) bond motifs is 1. The molecule has 0 saturated carbocycles. The highest BCUT2D eigenvalue weighted by molar-refractivity contribution is 7.99. The smallest absolute Gasteiger partial charge is 0.335 e. The number of carboxylic acid groups (broad SMARTS) is 1. The van der Waals surface area contributed by atoms with Gasteiger partial charge < -0.3 is 9.67 Å². The Morgan fingerprint density at radius 1 is 1.47 bits per heavy atom. The monoisotopic (exact) mass is 278 g/mol. The predicted molar refractivity (Wildman–Crippen MR) is 77.9 cm³/mol. The van der Waals surface area contributed by atoms with Gasteiger partial charge in [-0.05, 0) is 29.9 Å². The van der Waals surface area contributed by atoms with Crippen molar-refractivity contribution < 1.29 is 9.90 Å².